The van der Waals surface area contributed by atoms with Gasteiger partial charge in [0.1, 0.15) is 0 Å². The summed E-state index contributed by atoms with van der Waals surface area (Å²) in [4.78, 5) is 0. The zero-order chi connectivity index (χ0) is 66.8. The minimum Gasteiger partial charge on any atom is -0.309 e. The molecule has 0 amide bonds. The fourth-order valence-corrected chi connectivity index (χ4v) is 19.2. The summed E-state index contributed by atoms with van der Waals surface area (Å²) in [5.74, 6) is 0. The molecular weight excluding hydrogens is 1220 g/mol. The van der Waals surface area contributed by atoms with Gasteiger partial charge in [-0.25, -0.2) is 0 Å². The van der Waals surface area contributed by atoms with Gasteiger partial charge in [-0.2, -0.15) is 0 Å². The molecule has 0 bridgehead atoms. The summed E-state index contributed by atoms with van der Waals surface area (Å²) < 4.78 is 4.93. The summed E-state index contributed by atoms with van der Waals surface area (Å²) in [6, 6.07) is 125. The van der Waals surface area contributed by atoms with Crippen LogP contribution in [0.2, 0.25) is 0 Å². The Bertz CT molecular complexity index is 6310. The second-order valence-corrected chi connectivity index (χ2v) is 29.9. The van der Waals surface area contributed by atoms with E-state index >= 15 is 0 Å². The first kappa shape index (κ1) is 56.6. The molecule has 2 heterocycles. The van der Waals surface area contributed by atoms with Crippen molar-refractivity contribution in [2.45, 2.75) is 43.9 Å². The predicted octanol–water partition coefficient (Wildman–Crippen LogP) is 25.8. The van der Waals surface area contributed by atoms with Crippen LogP contribution >= 0.6 is 0 Å². The van der Waals surface area contributed by atoms with Crippen LogP contribution in [0.25, 0.3) is 166 Å². The smallest absolute Gasteiger partial charge is 0.0725 e. The molecule has 0 aliphatic heterocycles. The van der Waals surface area contributed by atoms with Crippen LogP contribution in [0.15, 0.2) is 328 Å². The quantitative estimate of drug-likeness (QED) is 0.157. The number of nitrogens with zero attached hydrogens (tertiary/aromatic N) is 2. The zero-order valence-electron chi connectivity index (χ0n) is 56.6. The maximum Gasteiger partial charge on any atom is 0.0725 e. The van der Waals surface area contributed by atoms with Gasteiger partial charge in [0.15, 0.2) is 0 Å². The SMILES string of the molecule is CC1(C)c2ccccc2-c2ccc(-n3c4ccccc4c4cc(-c5ccc6cc(-c7ccc8c(c7)C7(c9ccccc9-c9ccccc97)c7cc(-c9ccc%10cc(-c%11ccc%12c(c%11)c%11ccccc%11n%12-c%11ccc%12c(c%11)C(C)(C)c%11ccccc%11-%12)ccc%10c9)ccc7-8)ccc6c5)ccc43)cc21. The third-order valence-corrected chi connectivity index (χ3v) is 24.1. The van der Waals surface area contributed by atoms with Crippen molar-refractivity contribution < 1.29 is 0 Å². The molecule has 2 heteroatoms. The third kappa shape index (κ3) is 7.77. The fraction of sp³-hybridized carbons (Fsp3) is 0.0707. The Morgan fingerprint density at radius 2 is 0.465 bits per heavy atom. The molecular formula is C99H66N2. The standard InChI is InChI=1S/C99H66N2/c1-97(2)85-23-11-5-17-73(85)77-45-41-71(57-89(77)97)100-93-27-15-9-21-81(93)83-53-67(39-47-95(83)100)63-33-29-61-51-65(35-31-59(61)49-63)69-37-43-79-80-44-38-70(56-92(80)99(91(79)55-69)87-25-13-7-19-75(87)76-20-8-14-26-88(76)99)66-36-32-60-50-64(34-30-62(60)52-66)68-40-48-96-84(54-68)82-22-10-16-28-94(82)101(96)72-42-46-78-74-18-6-12-24-86(74)98(3,4)90(78)58-72/h5-58H,1-4H3. The summed E-state index contributed by atoms with van der Waals surface area (Å²) in [7, 11) is 0. The van der Waals surface area contributed by atoms with E-state index in [2.05, 4.69) is 364 Å². The van der Waals surface area contributed by atoms with Crippen LogP contribution in [-0.2, 0) is 16.2 Å². The average Bonchev–Trinajstić information content (AvgIpc) is 1.51. The van der Waals surface area contributed by atoms with Crippen molar-refractivity contribution in [3.8, 4) is 100 Å². The maximum atomic E-state index is 2.52. The third-order valence-electron chi connectivity index (χ3n) is 24.1. The monoisotopic (exact) mass is 1280 g/mol. The number of hydrogen-bond donors (Lipinski definition) is 0. The zero-order valence-corrected chi connectivity index (χ0v) is 56.6. The Balaban J connectivity index is 0.594. The predicted molar refractivity (Wildman–Crippen MR) is 423 cm³/mol. The van der Waals surface area contributed by atoms with Gasteiger partial charge in [-0.05, 0) is 252 Å². The topological polar surface area (TPSA) is 9.86 Å². The van der Waals surface area contributed by atoms with E-state index in [4.69, 9.17) is 0 Å². The summed E-state index contributed by atoms with van der Waals surface area (Å²) in [6.45, 7) is 9.47. The minimum atomic E-state index is -0.516. The molecule has 0 fully saturated rings. The van der Waals surface area contributed by atoms with E-state index in [1.807, 2.05) is 0 Å². The van der Waals surface area contributed by atoms with Crippen molar-refractivity contribution in [2.75, 3.05) is 0 Å². The number of benzene rings is 16. The van der Waals surface area contributed by atoms with Crippen LogP contribution in [0.1, 0.15) is 72.2 Å². The second-order valence-electron chi connectivity index (χ2n) is 29.9. The first-order chi connectivity index (χ1) is 49.5. The van der Waals surface area contributed by atoms with Crippen LogP contribution in [-0.4, -0.2) is 9.13 Å². The lowest BCUT2D eigenvalue weighted by Crippen LogP contribution is -2.26. The molecule has 0 saturated heterocycles. The van der Waals surface area contributed by atoms with E-state index in [1.54, 1.807) is 0 Å². The van der Waals surface area contributed by atoms with Crippen molar-refractivity contribution in [1.29, 1.82) is 0 Å². The molecule has 1 spiro atoms. The lowest BCUT2D eigenvalue weighted by Gasteiger charge is -2.31. The maximum absolute atomic E-state index is 2.52. The number of aromatic nitrogens is 2. The van der Waals surface area contributed by atoms with Gasteiger partial charge in [-0.1, -0.05) is 258 Å². The van der Waals surface area contributed by atoms with E-state index in [0.29, 0.717) is 0 Å². The van der Waals surface area contributed by atoms with Gasteiger partial charge < -0.3 is 9.13 Å². The Morgan fingerprint density at radius 3 is 0.871 bits per heavy atom. The number of rotatable bonds is 6. The van der Waals surface area contributed by atoms with E-state index < -0.39 is 5.41 Å². The number of fused-ring (bicyclic) bond motifs is 24. The highest BCUT2D eigenvalue weighted by atomic mass is 15.0. The fourth-order valence-electron chi connectivity index (χ4n) is 19.2. The van der Waals surface area contributed by atoms with Crippen molar-refractivity contribution in [3.05, 3.63) is 372 Å². The highest BCUT2D eigenvalue weighted by Gasteiger charge is 2.52. The van der Waals surface area contributed by atoms with Crippen LogP contribution in [0.5, 0.6) is 0 Å². The molecule has 0 unspecified atom stereocenters. The van der Waals surface area contributed by atoms with Crippen molar-refractivity contribution in [3.63, 3.8) is 0 Å². The highest BCUT2D eigenvalue weighted by molar-refractivity contribution is 6.13. The number of hydrogen-bond acceptors (Lipinski definition) is 0. The molecule has 2 nitrogen and oxygen atoms in total. The van der Waals surface area contributed by atoms with E-state index in [-0.39, 0.29) is 10.8 Å². The average molecular weight is 1280 g/mol. The molecule has 472 valence electrons. The van der Waals surface area contributed by atoms with Crippen molar-refractivity contribution >= 4 is 65.2 Å². The second kappa shape index (κ2) is 20.4. The Morgan fingerprint density at radius 1 is 0.188 bits per heavy atom. The summed E-state index contributed by atoms with van der Waals surface area (Å²) in [5, 5.41) is 9.93. The van der Waals surface area contributed by atoms with Gasteiger partial charge in [0.25, 0.3) is 0 Å². The lowest BCUT2D eigenvalue weighted by atomic mass is 9.70. The number of para-hydroxylation sites is 2. The molecule has 4 aliphatic rings. The van der Waals surface area contributed by atoms with Gasteiger partial charge in [0.05, 0.1) is 27.5 Å². The van der Waals surface area contributed by atoms with Gasteiger partial charge in [-0.15, -0.1) is 0 Å². The van der Waals surface area contributed by atoms with Crippen molar-refractivity contribution in [2.24, 2.45) is 0 Å². The van der Waals surface area contributed by atoms with Gasteiger partial charge in [-0.3, -0.25) is 0 Å². The molecule has 0 N–H and O–H groups in total. The molecule has 0 atom stereocenters. The van der Waals surface area contributed by atoms with Gasteiger partial charge in [0.2, 0.25) is 0 Å². The normalized spacial score (nSPS) is 14.4. The molecule has 0 saturated carbocycles. The Kier molecular flexibility index (Phi) is 11.4. The van der Waals surface area contributed by atoms with E-state index in [1.165, 1.54) is 210 Å². The van der Waals surface area contributed by atoms with E-state index in [0.717, 1.165) is 0 Å². The largest absolute Gasteiger partial charge is 0.309 e. The van der Waals surface area contributed by atoms with Crippen LogP contribution in [0.4, 0.5) is 0 Å². The molecule has 101 heavy (non-hydrogen) atoms. The first-order valence-corrected chi connectivity index (χ1v) is 35.7. The summed E-state index contributed by atoms with van der Waals surface area (Å²) >= 11 is 0. The lowest BCUT2D eigenvalue weighted by molar-refractivity contribution is 0.660. The highest BCUT2D eigenvalue weighted by Crippen LogP contribution is 2.64. The minimum absolute atomic E-state index is 0.0820. The van der Waals surface area contributed by atoms with Crippen LogP contribution in [0.3, 0.4) is 0 Å². The van der Waals surface area contributed by atoms with Crippen LogP contribution in [0, 0.1) is 0 Å². The Labute approximate surface area is 587 Å². The molecule has 22 rings (SSSR count). The molecule has 2 aromatic heterocycles. The molecule has 4 aliphatic carbocycles. The Hall–Kier alpha value is -12.4. The molecule has 16 aromatic carbocycles. The van der Waals surface area contributed by atoms with Crippen LogP contribution < -0.4 is 0 Å². The van der Waals surface area contributed by atoms with Gasteiger partial charge in [0, 0.05) is 43.7 Å². The summed E-state index contributed by atoms with van der Waals surface area (Å²) in [5.41, 5.74) is 37.8. The van der Waals surface area contributed by atoms with E-state index in [9.17, 15) is 0 Å². The summed E-state index contributed by atoms with van der Waals surface area (Å²) in [6.07, 6.45) is 0. The first-order valence-electron chi connectivity index (χ1n) is 35.7. The molecule has 0 radical (unpaired) electrons. The van der Waals surface area contributed by atoms with Crippen molar-refractivity contribution in [1.82, 2.24) is 9.13 Å². The van der Waals surface area contributed by atoms with Gasteiger partial charge >= 0.3 is 0 Å². The molecule has 18 aromatic rings.